The Hall–Kier alpha value is -0.360. The van der Waals surface area contributed by atoms with Crippen molar-refractivity contribution in [2.45, 2.75) is 49.2 Å². The topological polar surface area (TPSA) is 138 Å². The molecule has 8 atom stereocenters. The van der Waals surface area contributed by atoms with Gasteiger partial charge in [0.15, 0.2) is 12.6 Å². The normalized spacial score (nSPS) is 50.1. The monoisotopic (exact) mass is 296 g/mol. The van der Waals surface area contributed by atoms with Gasteiger partial charge in [0.2, 0.25) is 0 Å². The van der Waals surface area contributed by atoms with Crippen LogP contribution in [0.25, 0.3) is 0 Å². The largest absolute Gasteiger partial charge is 0.388 e. The smallest absolute Gasteiger partial charge is 0.186 e. The summed E-state index contributed by atoms with van der Waals surface area (Å²) < 4.78 is 20.3. The van der Waals surface area contributed by atoms with E-state index in [1.54, 1.807) is 0 Å². The Morgan fingerprint density at radius 3 is 2.05 bits per heavy atom. The van der Waals surface area contributed by atoms with Gasteiger partial charge in [-0.15, -0.1) is 0 Å². The third-order valence-electron chi connectivity index (χ3n) is 3.43. The molecular formula is C11H20O9. The second kappa shape index (κ2) is 6.60. The van der Waals surface area contributed by atoms with Crippen molar-refractivity contribution in [3.63, 3.8) is 0 Å². The van der Waals surface area contributed by atoms with Gasteiger partial charge in [0.1, 0.15) is 36.6 Å². The van der Waals surface area contributed by atoms with Crippen LogP contribution in [0.3, 0.4) is 0 Å². The first-order chi connectivity index (χ1) is 9.45. The number of aliphatic hydroxyl groups is 5. The van der Waals surface area contributed by atoms with Crippen LogP contribution in [0.5, 0.6) is 0 Å². The van der Waals surface area contributed by atoms with Gasteiger partial charge in [-0.2, -0.15) is 0 Å². The molecule has 0 aromatic heterocycles. The van der Waals surface area contributed by atoms with E-state index >= 15 is 0 Å². The Labute approximate surface area is 115 Å². The van der Waals surface area contributed by atoms with Crippen LogP contribution in [0, 0.1) is 0 Å². The molecule has 0 amide bonds. The summed E-state index contributed by atoms with van der Waals surface area (Å²) in [6, 6.07) is 0. The predicted molar refractivity (Wildman–Crippen MR) is 61.4 cm³/mol. The zero-order valence-corrected chi connectivity index (χ0v) is 10.9. The van der Waals surface area contributed by atoms with E-state index in [1.807, 2.05) is 0 Å². The first kappa shape index (κ1) is 16.0. The van der Waals surface area contributed by atoms with E-state index in [0.717, 1.165) is 0 Å². The van der Waals surface area contributed by atoms with E-state index in [0.29, 0.717) is 0 Å². The van der Waals surface area contributed by atoms with Crippen LogP contribution >= 0.6 is 0 Å². The van der Waals surface area contributed by atoms with Gasteiger partial charge in [0, 0.05) is 7.11 Å². The zero-order valence-electron chi connectivity index (χ0n) is 10.9. The Balaban J connectivity index is 1.93. The number of aliphatic hydroxyl groups excluding tert-OH is 5. The standard InChI is InChI=1S/C11H20O9/c1-17-10-9(16)7(14)5(3-19-10)20-11-8(15)6(13)4(12)2-18-11/h4-16H,2-3H2,1H3. The summed E-state index contributed by atoms with van der Waals surface area (Å²) >= 11 is 0. The van der Waals surface area contributed by atoms with Gasteiger partial charge in [-0.05, 0) is 0 Å². The fraction of sp³-hybridized carbons (Fsp3) is 1.00. The van der Waals surface area contributed by atoms with Gasteiger partial charge in [-0.25, -0.2) is 0 Å². The molecule has 0 aromatic rings. The Bertz CT molecular complexity index is 314. The maximum absolute atomic E-state index is 9.89. The lowest BCUT2D eigenvalue weighted by Gasteiger charge is -2.41. The average molecular weight is 296 g/mol. The summed E-state index contributed by atoms with van der Waals surface area (Å²) in [5.74, 6) is 0. The van der Waals surface area contributed by atoms with Crippen LogP contribution in [0.1, 0.15) is 0 Å². The third kappa shape index (κ3) is 3.11. The fourth-order valence-electron chi connectivity index (χ4n) is 2.17. The molecule has 0 aromatic carbocycles. The molecule has 0 aliphatic carbocycles. The molecule has 0 radical (unpaired) electrons. The van der Waals surface area contributed by atoms with Crippen molar-refractivity contribution in [1.29, 1.82) is 0 Å². The van der Waals surface area contributed by atoms with E-state index in [2.05, 4.69) is 0 Å². The molecule has 2 heterocycles. The van der Waals surface area contributed by atoms with Gasteiger partial charge >= 0.3 is 0 Å². The van der Waals surface area contributed by atoms with Gasteiger partial charge in [-0.1, -0.05) is 0 Å². The molecule has 9 heteroatoms. The van der Waals surface area contributed by atoms with Gasteiger partial charge in [0.25, 0.3) is 0 Å². The van der Waals surface area contributed by atoms with Crippen molar-refractivity contribution in [2.75, 3.05) is 20.3 Å². The summed E-state index contributed by atoms with van der Waals surface area (Å²) in [6.07, 6.45) is -9.85. The lowest BCUT2D eigenvalue weighted by atomic mass is 10.0. The van der Waals surface area contributed by atoms with Crippen molar-refractivity contribution in [3.8, 4) is 0 Å². The maximum Gasteiger partial charge on any atom is 0.186 e. The quantitative estimate of drug-likeness (QED) is 0.359. The summed E-state index contributed by atoms with van der Waals surface area (Å²) in [7, 11) is 1.33. The highest BCUT2D eigenvalue weighted by molar-refractivity contribution is 4.87. The van der Waals surface area contributed by atoms with Crippen molar-refractivity contribution in [1.82, 2.24) is 0 Å². The van der Waals surface area contributed by atoms with E-state index in [9.17, 15) is 25.5 Å². The van der Waals surface area contributed by atoms with E-state index < -0.39 is 49.2 Å². The molecule has 2 saturated heterocycles. The summed E-state index contributed by atoms with van der Waals surface area (Å²) in [4.78, 5) is 0. The van der Waals surface area contributed by atoms with E-state index in [4.69, 9.17) is 18.9 Å². The first-order valence-electron chi connectivity index (χ1n) is 6.27. The minimum atomic E-state index is -1.47. The molecule has 8 unspecified atom stereocenters. The van der Waals surface area contributed by atoms with Gasteiger partial charge < -0.3 is 44.5 Å². The molecule has 2 aliphatic rings. The number of hydrogen-bond donors (Lipinski definition) is 5. The molecule has 2 fully saturated rings. The van der Waals surface area contributed by atoms with Crippen LogP contribution in [0.15, 0.2) is 0 Å². The first-order valence-corrected chi connectivity index (χ1v) is 6.27. The van der Waals surface area contributed by atoms with E-state index in [-0.39, 0.29) is 13.2 Å². The molecule has 0 spiro atoms. The Morgan fingerprint density at radius 1 is 0.800 bits per heavy atom. The fourth-order valence-corrected chi connectivity index (χ4v) is 2.17. The molecule has 2 rings (SSSR count). The SMILES string of the molecule is COC1OCC(OC2OCC(O)C(O)C2O)C(O)C1O. The number of rotatable bonds is 3. The average Bonchev–Trinajstić information content (AvgIpc) is 2.44. The molecule has 0 bridgehead atoms. The third-order valence-corrected chi connectivity index (χ3v) is 3.43. The van der Waals surface area contributed by atoms with Crippen LogP contribution in [0.4, 0.5) is 0 Å². The molecule has 118 valence electrons. The molecule has 9 nitrogen and oxygen atoms in total. The van der Waals surface area contributed by atoms with Crippen molar-refractivity contribution in [2.24, 2.45) is 0 Å². The van der Waals surface area contributed by atoms with Crippen molar-refractivity contribution < 1.29 is 44.5 Å². The molecule has 2 aliphatic heterocycles. The minimum Gasteiger partial charge on any atom is -0.388 e. The molecule has 20 heavy (non-hydrogen) atoms. The second-order valence-electron chi connectivity index (χ2n) is 4.84. The highest BCUT2D eigenvalue weighted by atomic mass is 16.7. The van der Waals surface area contributed by atoms with Crippen LogP contribution in [0.2, 0.25) is 0 Å². The molecule has 0 saturated carbocycles. The Kier molecular flexibility index (Phi) is 5.29. The summed E-state index contributed by atoms with van der Waals surface area (Å²) in [5, 5.41) is 48.2. The number of hydrogen-bond acceptors (Lipinski definition) is 9. The lowest BCUT2D eigenvalue weighted by Crippen LogP contribution is -2.59. The van der Waals surface area contributed by atoms with Gasteiger partial charge in [0.05, 0.1) is 13.2 Å². The van der Waals surface area contributed by atoms with Crippen LogP contribution in [-0.2, 0) is 18.9 Å². The van der Waals surface area contributed by atoms with Crippen LogP contribution < -0.4 is 0 Å². The second-order valence-corrected chi connectivity index (χ2v) is 4.84. The van der Waals surface area contributed by atoms with E-state index in [1.165, 1.54) is 7.11 Å². The van der Waals surface area contributed by atoms with Crippen molar-refractivity contribution >= 4 is 0 Å². The maximum atomic E-state index is 9.89. The summed E-state index contributed by atoms with van der Waals surface area (Å²) in [6.45, 7) is -0.294. The van der Waals surface area contributed by atoms with Crippen molar-refractivity contribution in [3.05, 3.63) is 0 Å². The molecule has 5 N–H and O–H groups in total. The van der Waals surface area contributed by atoms with Crippen LogP contribution in [-0.4, -0.2) is 95.1 Å². The molecular weight excluding hydrogens is 276 g/mol. The highest BCUT2D eigenvalue weighted by Crippen LogP contribution is 2.23. The van der Waals surface area contributed by atoms with Gasteiger partial charge in [-0.3, -0.25) is 0 Å². The number of ether oxygens (including phenoxy) is 4. The highest BCUT2D eigenvalue weighted by Gasteiger charge is 2.44. The Morgan fingerprint density at radius 2 is 1.40 bits per heavy atom. The minimum absolute atomic E-state index is 0.0814. The zero-order chi connectivity index (χ0) is 14.9. The lowest BCUT2D eigenvalue weighted by molar-refractivity contribution is -0.326. The number of methoxy groups -OCH3 is 1. The summed E-state index contributed by atoms with van der Waals surface area (Å²) in [5.41, 5.74) is 0. The predicted octanol–water partition coefficient (Wildman–Crippen LogP) is -3.46.